The third-order valence-corrected chi connectivity index (χ3v) is 9.06. The molecule has 8 rings (SSSR count). The number of ketones is 2. The molecule has 1 spiro atoms. The van der Waals surface area contributed by atoms with Gasteiger partial charge in [0.15, 0.2) is 11.6 Å². The van der Waals surface area contributed by atoms with Gasteiger partial charge in [-0.3, -0.25) is 9.59 Å². The molecular weight excluding hydrogens is 460 g/mol. The summed E-state index contributed by atoms with van der Waals surface area (Å²) in [6.45, 7) is 0. The van der Waals surface area contributed by atoms with Crippen LogP contribution in [0.25, 0.3) is 28.3 Å². The molecule has 0 unspecified atom stereocenters. The smallest absolute Gasteiger partial charge is 0.197 e. The molecular formula is C33H18O2S. The van der Waals surface area contributed by atoms with E-state index in [1.807, 2.05) is 12.1 Å². The highest BCUT2D eigenvalue weighted by molar-refractivity contribution is 7.14. The van der Waals surface area contributed by atoms with Gasteiger partial charge in [0.2, 0.25) is 0 Å². The summed E-state index contributed by atoms with van der Waals surface area (Å²) in [5, 5.41) is 0. The number of carbonyl (C=O) groups is 2. The number of hydrogen-bond donors (Lipinski definition) is 0. The van der Waals surface area contributed by atoms with Crippen molar-refractivity contribution < 1.29 is 9.59 Å². The Bertz CT molecular complexity index is 1750. The highest BCUT2D eigenvalue weighted by Crippen LogP contribution is 2.64. The van der Waals surface area contributed by atoms with Gasteiger partial charge in [-0.05, 0) is 51.1 Å². The van der Waals surface area contributed by atoms with E-state index in [9.17, 15) is 9.59 Å². The summed E-state index contributed by atoms with van der Waals surface area (Å²) >= 11 is 1.69. The van der Waals surface area contributed by atoms with Crippen molar-refractivity contribution in [3.63, 3.8) is 0 Å². The van der Waals surface area contributed by atoms with Crippen molar-refractivity contribution in [2.75, 3.05) is 0 Å². The van der Waals surface area contributed by atoms with E-state index < -0.39 is 5.41 Å². The van der Waals surface area contributed by atoms with Gasteiger partial charge in [-0.2, -0.15) is 0 Å². The molecule has 4 aromatic carbocycles. The molecule has 168 valence electrons. The van der Waals surface area contributed by atoms with Crippen molar-refractivity contribution >= 4 is 29.0 Å². The molecule has 0 fully saturated rings. The van der Waals surface area contributed by atoms with Gasteiger partial charge in [0, 0.05) is 20.9 Å². The molecule has 3 aliphatic carbocycles. The Hall–Kier alpha value is -4.34. The maximum absolute atomic E-state index is 13.1. The van der Waals surface area contributed by atoms with Crippen LogP contribution in [0, 0.1) is 0 Å². The van der Waals surface area contributed by atoms with Gasteiger partial charge in [-0.25, -0.2) is 0 Å². The number of benzene rings is 4. The zero-order valence-corrected chi connectivity index (χ0v) is 19.9. The van der Waals surface area contributed by atoms with Gasteiger partial charge in [-0.1, -0.05) is 97.1 Å². The summed E-state index contributed by atoms with van der Waals surface area (Å²) in [4.78, 5) is 28.3. The number of Topliss-reactive ketones (excluding diaryl/α,β-unsaturated/α-hetero) is 2. The van der Waals surface area contributed by atoms with Crippen LogP contribution in [0.5, 0.6) is 0 Å². The lowest BCUT2D eigenvalue weighted by Crippen LogP contribution is -2.24. The van der Waals surface area contributed by atoms with E-state index in [1.54, 1.807) is 29.5 Å². The van der Waals surface area contributed by atoms with Gasteiger partial charge in [0.25, 0.3) is 0 Å². The van der Waals surface area contributed by atoms with Crippen molar-refractivity contribution in [2.24, 2.45) is 0 Å². The third kappa shape index (κ3) is 2.27. The summed E-state index contributed by atoms with van der Waals surface area (Å²) in [5.74, 6) is -0.369. The molecule has 0 N–H and O–H groups in total. The monoisotopic (exact) mass is 478 g/mol. The predicted octanol–water partition coefficient (Wildman–Crippen LogP) is 7.55. The van der Waals surface area contributed by atoms with Crippen LogP contribution in [0.15, 0.2) is 109 Å². The standard InChI is InChI=1S/C33H18O2S/c34-30-23-12-1-2-13-24(23)31(35)26(30)18-19-17-25-22-11-5-8-16-29(22)33(32(25)36-19)27-14-6-3-9-20(27)21-10-4-7-15-28(21)33/h1-18H. The normalized spacial score (nSPS) is 15.5. The Balaban J connectivity index is 1.40. The van der Waals surface area contributed by atoms with Crippen LogP contribution in [0.2, 0.25) is 0 Å². The Morgan fingerprint density at radius 2 is 0.944 bits per heavy atom. The molecule has 0 atom stereocenters. The van der Waals surface area contributed by atoms with Crippen LogP contribution >= 0.6 is 11.3 Å². The van der Waals surface area contributed by atoms with Crippen LogP contribution in [0.3, 0.4) is 0 Å². The van der Waals surface area contributed by atoms with Crippen LogP contribution < -0.4 is 0 Å². The Labute approximate surface area is 212 Å². The average Bonchev–Trinajstić information content (AvgIpc) is 3.62. The number of allylic oxidation sites excluding steroid dienone is 1. The maximum atomic E-state index is 13.1. The second-order valence-electron chi connectivity index (χ2n) is 9.54. The molecule has 5 aromatic rings. The van der Waals surface area contributed by atoms with E-state index in [0.29, 0.717) is 11.1 Å². The van der Waals surface area contributed by atoms with Crippen LogP contribution in [-0.2, 0) is 5.41 Å². The second kappa shape index (κ2) is 6.87. The first kappa shape index (κ1) is 19.9. The summed E-state index contributed by atoms with van der Waals surface area (Å²) in [7, 11) is 0. The molecule has 1 aromatic heterocycles. The second-order valence-corrected chi connectivity index (χ2v) is 10.6. The van der Waals surface area contributed by atoms with Crippen molar-refractivity contribution in [3.05, 3.63) is 146 Å². The van der Waals surface area contributed by atoms with Crippen LogP contribution in [0.1, 0.15) is 47.2 Å². The van der Waals surface area contributed by atoms with E-state index in [-0.39, 0.29) is 17.1 Å². The number of fused-ring (bicyclic) bond motifs is 11. The Morgan fingerprint density at radius 1 is 0.528 bits per heavy atom. The first-order chi connectivity index (χ1) is 17.7. The fourth-order valence-electron chi connectivity index (χ4n) is 6.44. The van der Waals surface area contributed by atoms with Gasteiger partial charge in [0.05, 0.1) is 11.0 Å². The summed E-state index contributed by atoms with van der Waals surface area (Å²) in [6, 6.07) is 35.3. The molecule has 2 nitrogen and oxygen atoms in total. The van der Waals surface area contributed by atoms with E-state index in [0.717, 1.165) is 4.88 Å². The molecule has 0 saturated carbocycles. The summed E-state index contributed by atoms with van der Waals surface area (Å²) < 4.78 is 0. The lowest BCUT2D eigenvalue weighted by Gasteiger charge is -2.29. The molecule has 0 saturated heterocycles. The van der Waals surface area contributed by atoms with Crippen molar-refractivity contribution in [1.29, 1.82) is 0 Å². The van der Waals surface area contributed by atoms with Crippen molar-refractivity contribution in [1.82, 2.24) is 0 Å². The Morgan fingerprint density at radius 3 is 1.44 bits per heavy atom. The number of hydrogen-bond acceptors (Lipinski definition) is 3. The van der Waals surface area contributed by atoms with Crippen molar-refractivity contribution in [2.45, 2.75) is 5.41 Å². The minimum atomic E-state index is -0.396. The lowest BCUT2D eigenvalue weighted by molar-refractivity contribution is 0.0990. The molecule has 0 amide bonds. The van der Waals surface area contributed by atoms with Gasteiger partial charge in [0.1, 0.15) is 0 Å². The highest BCUT2D eigenvalue weighted by atomic mass is 32.1. The van der Waals surface area contributed by atoms with E-state index in [2.05, 4.69) is 78.9 Å². The fourth-order valence-corrected chi connectivity index (χ4v) is 7.79. The van der Waals surface area contributed by atoms with E-state index in [1.165, 1.54) is 43.8 Å². The molecule has 3 aliphatic rings. The Kier molecular flexibility index (Phi) is 3.80. The maximum Gasteiger partial charge on any atom is 0.197 e. The first-order valence-electron chi connectivity index (χ1n) is 12.0. The molecule has 0 radical (unpaired) electrons. The zero-order valence-electron chi connectivity index (χ0n) is 19.1. The summed E-state index contributed by atoms with van der Waals surface area (Å²) in [5.41, 5.74) is 9.66. The van der Waals surface area contributed by atoms with E-state index in [4.69, 9.17) is 0 Å². The number of thiophene rings is 1. The lowest BCUT2D eigenvalue weighted by atomic mass is 9.74. The molecule has 0 aliphatic heterocycles. The number of rotatable bonds is 1. The average molecular weight is 479 g/mol. The largest absolute Gasteiger partial charge is 0.288 e. The molecule has 1 heterocycles. The quantitative estimate of drug-likeness (QED) is 0.180. The van der Waals surface area contributed by atoms with Gasteiger partial charge in [-0.15, -0.1) is 11.3 Å². The highest BCUT2D eigenvalue weighted by Gasteiger charge is 2.52. The van der Waals surface area contributed by atoms with Gasteiger partial charge >= 0.3 is 0 Å². The summed E-state index contributed by atoms with van der Waals surface area (Å²) in [6.07, 6.45) is 1.80. The molecule has 36 heavy (non-hydrogen) atoms. The minimum Gasteiger partial charge on any atom is -0.288 e. The predicted molar refractivity (Wildman–Crippen MR) is 144 cm³/mol. The minimum absolute atomic E-state index is 0.184. The SMILES string of the molecule is O=C1C(=Cc2cc3c(s2)C2(c4ccccc4-c4ccccc42)c2ccccc2-3)C(=O)c2ccccc21. The third-order valence-electron chi connectivity index (χ3n) is 7.86. The fraction of sp³-hybridized carbons (Fsp3) is 0.0303. The zero-order chi connectivity index (χ0) is 24.0. The number of carbonyl (C=O) groups excluding carboxylic acids is 2. The van der Waals surface area contributed by atoms with E-state index >= 15 is 0 Å². The van der Waals surface area contributed by atoms with Crippen molar-refractivity contribution in [3.8, 4) is 22.3 Å². The van der Waals surface area contributed by atoms with Crippen LogP contribution in [0.4, 0.5) is 0 Å². The topological polar surface area (TPSA) is 34.1 Å². The first-order valence-corrected chi connectivity index (χ1v) is 12.8. The molecule has 3 heteroatoms. The van der Waals surface area contributed by atoms with Crippen LogP contribution in [-0.4, -0.2) is 11.6 Å². The van der Waals surface area contributed by atoms with Gasteiger partial charge < -0.3 is 0 Å². The molecule has 0 bridgehead atoms.